The molecule has 0 aromatic carbocycles. The van der Waals surface area contributed by atoms with Crippen molar-refractivity contribution in [1.29, 1.82) is 0 Å². The third-order valence-corrected chi connectivity index (χ3v) is 1.83. The fourth-order valence-corrected chi connectivity index (χ4v) is 1.07. The maximum atomic E-state index is 12.3. The van der Waals surface area contributed by atoms with E-state index in [1.165, 1.54) is 0 Å². The molecular weight excluding hydrogens is 160 g/mol. The Hall–Kier alpha value is -0.180. The summed E-state index contributed by atoms with van der Waals surface area (Å²) < 4.78 is 24.6. The molecule has 0 rings (SSSR count). The molecule has 0 aliphatic heterocycles. The lowest BCUT2D eigenvalue weighted by Crippen LogP contribution is -2.35. The summed E-state index contributed by atoms with van der Waals surface area (Å²) >= 11 is 0. The molecule has 0 spiro atoms. The van der Waals surface area contributed by atoms with Gasteiger partial charge >= 0.3 is 0 Å². The zero-order chi connectivity index (χ0) is 9.40. The molecule has 0 aromatic rings. The average Bonchev–Trinajstić information content (AvgIpc) is 2.04. The van der Waals surface area contributed by atoms with Crippen LogP contribution in [-0.2, 0) is 0 Å². The van der Waals surface area contributed by atoms with E-state index in [2.05, 4.69) is 5.32 Å². The highest BCUT2D eigenvalue weighted by molar-refractivity contribution is 4.68. The van der Waals surface area contributed by atoms with Crippen LogP contribution in [0.2, 0.25) is 0 Å². The van der Waals surface area contributed by atoms with Gasteiger partial charge in [0.15, 0.2) is 0 Å². The molecular formula is C9H19F2N. The van der Waals surface area contributed by atoms with Crippen LogP contribution >= 0.6 is 0 Å². The molecule has 0 heterocycles. The third-order valence-electron chi connectivity index (χ3n) is 1.83. The molecule has 0 aliphatic carbocycles. The van der Waals surface area contributed by atoms with Crippen LogP contribution in [0, 0.1) is 0 Å². The summed E-state index contributed by atoms with van der Waals surface area (Å²) in [5.41, 5.74) is 0. The van der Waals surface area contributed by atoms with Crippen LogP contribution in [0.15, 0.2) is 0 Å². The van der Waals surface area contributed by atoms with Crippen LogP contribution in [0.25, 0.3) is 0 Å². The van der Waals surface area contributed by atoms with Gasteiger partial charge in [-0.1, -0.05) is 26.7 Å². The van der Waals surface area contributed by atoms with Crippen molar-refractivity contribution in [2.45, 2.75) is 52.0 Å². The van der Waals surface area contributed by atoms with Crippen molar-refractivity contribution >= 4 is 0 Å². The molecule has 12 heavy (non-hydrogen) atoms. The minimum Gasteiger partial charge on any atom is -0.309 e. The largest absolute Gasteiger partial charge is 0.309 e. The molecule has 0 saturated carbocycles. The standard InChI is InChI=1S/C9H19F2N/c1-3-5-6-8(9(10)11)12-7-4-2/h8-9,12H,3-7H2,1-2H3. The molecule has 0 bridgehead atoms. The number of halogens is 2. The molecule has 1 atom stereocenters. The molecule has 1 N–H and O–H groups in total. The summed E-state index contributed by atoms with van der Waals surface area (Å²) in [6.45, 7) is 4.69. The van der Waals surface area contributed by atoms with Crippen molar-refractivity contribution in [3.8, 4) is 0 Å². The Labute approximate surface area is 73.5 Å². The second kappa shape index (κ2) is 7.47. The lowest BCUT2D eigenvalue weighted by atomic mass is 10.1. The molecule has 0 radical (unpaired) electrons. The first-order valence-electron chi connectivity index (χ1n) is 4.73. The van der Waals surface area contributed by atoms with Gasteiger partial charge in [0.2, 0.25) is 0 Å². The zero-order valence-corrected chi connectivity index (χ0v) is 7.95. The first kappa shape index (κ1) is 11.8. The van der Waals surface area contributed by atoms with E-state index in [9.17, 15) is 8.78 Å². The van der Waals surface area contributed by atoms with Crippen LogP contribution in [0.4, 0.5) is 8.78 Å². The highest BCUT2D eigenvalue weighted by Gasteiger charge is 2.17. The van der Waals surface area contributed by atoms with Crippen molar-refractivity contribution in [3.63, 3.8) is 0 Å². The maximum Gasteiger partial charge on any atom is 0.253 e. The monoisotopic (exact) mass is 179 g/mol. The first-order chi connectivity index (χ1) is 5.72. The topological polar surface area (TPSA) is 12.0 Å². The predicted octanol–water partition coefficient (Wildman–Crippen LogP) is 2.81. The lowest BCUT2D eigenvalue weighted by Gasteiger charge is -2.16. The molecule has 74 valence electrons. The molecule has 0 amide bonds. The quantitative estimate of drug-likeness (QED) is 0.633. The zero-order valence-electron chi connectivity index (χ0n) is 7.95. The van der Waals surface area contributed by atoms with E-state index < -0.39 is 12.5 Å². The summed E-state index contributed by atoms with van der Waals surface area (Å²) in [7, 11) is 0. The summed E-state index contributed by atoms with van der Waals surface area (Å²) in [5, 5.41) is 2.85. The van der Waals surface area contributed by atoms with Crippen LogP contribution in [0.1, 0.15) is 39.5 Å². The number of nitrogens with one attached hydrogen (secondary N) is 1. The van der Waals surface area contributed by atoms with Gasteiger partial charge in [0.05, 0.1) is 6.04 Å². The van der Waals surface area contributed by atoms with Crippen LogP contribution < -0.4 is 5.32 Å². The van der Waals surface area contributed by atoms with Gasteiger partial charge in [-0.15, -0.1) is 0 Å². The predicted molar refractivity (Wildman–Crippen MR) is 47.6 cm³/mol. The van der Waals surface area contributed by atoms with E-state index >= 15 is 0 Å². The number of hydrogen-bond donors (Lipinski definition) is 1. The smallest absolute Gasteiger partial charge is 0.253 e. The summed E-state index contributed by atoms with van der Waals surface area (Å²) in [4.78, 5) is 0. The van der Waals surface area contributed by atoms with Gasteiger partial charge in [0.25, 0.3) is 6.43 Å². The Kier molecular flexibility index (Phi) is 7.36. The Morgan fingerprint density at radius 3 is 2.25 bits per heavy atom. The highest BCUT2D eigenvalue weighted by atomic mass is 19.3. The van der Waals surface area contributed by atoms with Crippen molar-refractivity contribution in [3.05, 3.63) is 0 Å². The second-order valence-electron chi connectivity index (χ2n) is 3.04. The fraction of sp³-hybridized carbons (Fsp3) is 1.00. The van der Waals surface area contributed by atoms with Gasteiger partial charge in [0, 0.05) is 0 Å². The molecule has 1 unspecified atom stereocenters. The van der Waals surface area contributed by atoms with E-state index in [1.54, 1.807) is 0 Å². The van der Waals surface area contributed by atoms with Crippen LogP contribution in [-0.4, -0.2) is 19.0 Å². The molecule has 3 heteroatoms. The van der Waals surface area contributed by atoms with Crippen molar-refractivity contribution in [1.82, 2.24) is 5.32 Å². The molecule has 0 saturated heterocycles. The average molecular weight is 179 g/mol. The molecule has 0 aromatic heterocycles. The van der Waals surface area contributed by atoms with E-state index in [0.29, 0.717) is 13.0 Å². The number of rotatable bonds is 7. The second-order valence-corrected chi connectivity index (χ2v) is 3.04. The lowest BCUT2D eigenvalue weighted by molar-refractivity contribution is 0.0931. The van der Waals surface area contributed by atoms with E-state index in [4.69, 9.17) is 0 Å². The molecule has 1 nitrogen and oxygen atoms in total. The minimum absolute atomic E-state index is 0.591. The Morgan fingerprint density at radius 1 is 1.17 bits per heavy atom. The normalized spacial score (nSPS) is 13.8. The van der Waals surface area contributed by atoms with Gasteiger partial charge in [-0.3, -0.25) is 0 Å². The van der Waals surface area contributed by atoms with Gasteiger partial charge in [-0.2, -0.15) is 0 Å². The first-order valence-corrected chi connectivity index (χ1v) is 4.73. The third kappa shape index (κ3) is 5.47. The van der Waals surface area contributed by atoms with Gasteiger partial charge < -0.3 is 5.32 Å². The highest BCUT2D eigenvalue weighted by Crippen LogP contribution is 2.09. The van der Waals surface area contributed by atoms with Crippen LogP contribution in [0.5, 0.6) is 0 Å². The van der Waals surface area contributed by atoms with E-state index in [0.717, 1.165) is 19.3 Å². The molecule has 0 fully saturated rings. The van der Waals surface area contributed by atoms with Gasteiger partial charge in [-0.25, -0.2) is 8.78 Å². The molecule has 0 aliphatic rings. The summed E-state index contributed by atoms with van der Waals surface area (Å²) in [6.07, 6.45) is 1.15. The van der Waals surface area contributed by atoms with Gasteiger partial charge in [0.1, 0.15) is 0 Å². The fourth-order valence-electron chi connectivity index (χ4n) is 1.07. The number of unbranched alkanes of at least 4 members (excludes halogenated alkanes) is 1. The minimum atomic E-state index is -2.22. The van der Waals surface area contributed by atoms with Crippen molar-refractivity contribution in [2.75, 3.05) is 6.54 Å². The Bertz CT molecular complexity index is 88.5. The van der Waals surface area contributed by atoms with Crippen molar-refractivity contribution < 1.29 is 8.78 Å². The Morgan fingerprint density at radius 2 is 1.83 bits per heavy atom. The Balaban J connectivity index is 3.55. The number of alkyl halides is 2. The van der Waals surface area contributed by atoms with E-state index in [-0.39, 0.29) is 0 Å². The van der Waals surface area contributed by atoms with Gasteiger partial charge in [-0.05, 0) is 19.4 Å². The van der Waals surface area contributed by atoms with Crippen molar-refractivity contribution in [2.24, 2.45) is 0 Å². The van der Waals surface area contributed by atoms with E-state index in [1.807, 2.05) is 13.8 Å². The maximum absolute atomic E-state index is 12.3. The van der Waals surface area contributed by atoms with Crippen LogP contribution in [0.3, 0.4) is 0 Å². The SMILES string of the molecule is CCCCC(NCCC)C(F)F. The summed E-state index contributed by atoms with van der Waals surface area (Å²) in [5.74, 6) is 0. The summed E-state index contributed by atoms with van der Waals surface area (Å²) in [6, 6.07) is -0.593. The number of hydrogen-bond acceptors (Lipinski definition) is 1.